The highest BCUT2D eigenvalue weighted by Gasteiger charge is 2.27. The quantitative estimate of drug-likeness (QED) is 0.790. The van der Waals surface area contributed by atoms with Gasteiger partial charge in [0, 0.05) is 37.5 Å². The van der Waals surface area contributed by atoms with Crippen LogP contribution in [-0.2, 0) is 9.84 Å². The van der Waals surface area contributed by atoms with Gasteiger partial charge in [0.25, 0.3) is 0 Å². The van der Waals surface area contributed by atoms with E-state index in [2.05, 4.69) is 31.0 Å². The lowest BCUT2D eigenvalue weighted by atomic mass is 10.00. The predicted molar refractivity (Wildman–Crippen MR) is 76.6 cm³/mol. The van der Waals surface area contributed by atoms with Crippen LogP contribution in [0, 0.1) is 5.92 Å². The van der Waals surface area contributed by atoms with Gasteiger partial charge < -0.3 is 5.32 Å². The smallest absolute Gasteiger partial charge is 0.151 e. The van der Waals surface area contributed by atoms with Gasteiger partial charge in [0.15, 0.2) is 9.84 Å². The third-order valence-electron chi connectivity index (χ3n) is 3.74. The Kier molecular flexibility index (Phi) is 6.08. The molecule has 4 nitrogen and oxygen atoms in total. The average molecular weight is 276 g/mol. The summed E-state index contributed by atoms with van der Waals surface area (Å²) in [6.07, 6.45) is 0.716. The Labute approximate surface area is 112 Å². The third-order valence-corrected chi connectivity index (χ3v) is 5.57. The summed E-state index contributed by atoms with van der Waals surface area (Å²) in [7, 11) is -2.85. The molecule has 0 radical (unpaired) electrons. The second-order valence-electron chi connectivity index (χ2n) is 5.75. The first-order valence-electron chi connectivity index (χ1n) is 7.03. The summed E-state index contributed by atoms with van der Waals surface area (Å²) in [6, 6.07) is 0.909. The van der Waals surface area contributed by atoms with Crippen LogP contribution in [0.3, 0.4) is 0 Å². The van der Waals surface area contributed by atoms with E-state index in [9.17, 15) is 8.42 Å². The maximum atomic E-state index is 11.8. The molecule has 0 amide bonds. The molecule has 1 heterocycles. The Morgan fingerprint density at radius 2 is 2.00 bits per heavy atom. The van der Waals surface area contributed by atoms with Crippen molar-refractivity contribution in [1.29, 1.82) is 0 Å². The Balaban J connectivity index is 2.49. The number of nitrogens with zero attached hydrogens (tertiary/aromatic N) is 1. The number of piperazine rings is 1. The lowest BCUT2D eigenvalue weighted by Gasteiger charge is -2.40. The zero-order chi connectivity index (χ0) is 13.8. The minimum Gasteiger partial charge on any atom is -0.311 e. The molecule has 0 saturated carbocycles. The Bertz CT molecular complexity index is 341. The Morgan fingerprint density at radius 3 is 2.56 bits per heavy atom. The zero-order valence-electron chi connectivity index (χ0n) is 12.1. The first-order chi connectivity index (χ1) is 8.35. The number of hydrogen-bond acceptors (Lipinski definition) is 4. The highest BCUT2D eigenvalue weighted by atomic mass is 32.2. The van der Waals surface area contributed by atoms with Gasteiger partial charge in [-0.15, -0.1) is 0 Å². The summed E-state index contributed by atoms with van der Waals surface area (Å²) in [5.74, 6) is 1.21. The van der Waals surface area contributed by atoms with Gasteiger partial charge in [-0.2, -0.15) is 0 Å². The molecule has 18 heavy (non-hydrogen) atoms. The van der Waals surface area contributed by atoms with Crippen molar-refractivity contribution < 1.29 is 8.42 Å². The summed E-state index contributed by atoms with van der Waals surface area (Å²) in [6.45, 7) is 11.1. The summed E-state index contributed by atoms with van der Waals surface area (Å²) in [5, 5.41) is 3.53. The molecule has 108 valence electrons. The highest BCUT2D eigenvalue weighted by molar-refractivity contribution is 7.91. The molecular formula is C13H28N2O2S. The Hall–Kier alpha value is -0.130. The lowest BCUT2D eigenvalue weighted by molar-refractivity contribution is 0.130. The van der Waals surface area contributed by atoms with Gasteiger partial charge in [0.1, 0.15) is 0 Å². The van der Waals surface area contributed by atoms with Crippen LogP contribution in [0.4, 0.5) is 0 Å². The van der Waals surface area contributed by atoms with Crippen LogP contribution in [-0.4, -0.2) is 56.5 Å². The van der Waals surface area contributed by atoms with Crippen molar-refractivity contribution in [3.8, 4) is 0 Å². The van der Waals surface area contributed by atoms with E-state index in [1.54, 1.807) is 0 Å². The molecule has 0 aromatic rings. The molecule has 1 N–H and O–H groups in total. The summed E-state index contributed by atoms with van der Waals surface area (Å²) in [5.41, 5.74) is 0. The normalized spacial score (nSPS) is 26.7. The van der Waals surface area contributed by atoms with Gasteiger partial charge in [-0.3, -0.25) is 4.90 Å². The molecule has 5 heteroatoms. The number of nitrogens with one attached hydrogen (secondary N) is 1. The molecule has 1 aliphatic rings. The third kappa shape index (κ3) is 4.86. The van der Waals surface area contributed by atoms with Crippen LogP contribution in [0.5, 0.6) is 0 Å². The molecule has 0 aromatic carbocycles. The van der Waals surface area contributed by atoms with E-state index >= 15 is 0 Å². The van der Waals surface area contributed by atoms with Crippen molar-refractivity contribution >= 4 is 9.84 Å². The molecule has 0 aromatic heterocycles. The van der Waals surface area contributed by atoms with Crippen molar-refractivity contribution in [2.45, 2.75) is 46.2 Å². The second-order valence-corrected chi connectivity index (χ2v) is 8.06. The van der Waals surface area contributed by atoms with Crippen molar-refractivity contribution in [2.24, 2.45) is 5.92 Å². The van der Waals surface area contributed by atoms with Crippen LogP contribution in [0.2, 0.25) is 0 Å². The molecule has 1 saturated heterocycles. The van der Waals surface area contributed by atoms with Crippen molar-refractivity contribution in [3.63, 3.8) is 0 Å². The average Bonchev–Trinajstić information content (AvgIpc) is 2.27. The number of rotatable bonds is 6. The molecule has 1 rings (SSSR count). The standard InChI is InChI=1S/C13H28N2O2S/c1-5-7-18(16,17)8-6-15-10-13(11(2)3)14-9-12(15)4/h11-14H,5-10H2,1-4H3. The fourth-order valence-corrected chi connectivity index (χ4v) is 3.71. The summed E-state index contributed by atoms with van der Waals surface area (Å²) < 4.78 is 23.5. The molecule has 2 unspecified atom stereocenters. The lowest BCUT2D eigenvalue weighted by Crippen LogP contribution is -2.57. The molecule has 0 bridgehead atoms. The topological polar surface area (TPSA) is 49.4 Å². The fourth-order valence-electron chi connectivity index (χ4n) is 2.38. The van der Waals surface area contributed by atoms with E-state index < -0.39 is 9.84 Å². The van der Waals surface area contributed by atoms with Gasteiger partial charge in [-0.05, 0) is 19.3 Å². The minimum absolute atomic E-state index is 0.302. The second kappa shape index (κ2) is 6.87. The van der Waals surface area contributed by atoms with E-state index in [1.807, 2.05) is 6.92 Å². The zero-order valence-corrected chi connectivity index (χ0v) is 13.0. The van der Waals surface area contributed by atoms with Crippen LogP contribution < -0.4 is 5.32 Å². The predicted octanol–water partition coefficient (Wildman–Crippen LogP) is 1.13. The highest BCUT2D eigenvalue weighted by Crippen LogP contribution is 2.12. The maximum absolute atomic E-state index is 11.8. The summed E-state index contributed by atoms with van der Waals surface area (Å²) in [4.78, 5) is 2.31. The fraction of sp³-hybridized carbons (Fsp3) is 1.00. The monoisotopic (exact) mass is 276 g/mol. The van der Waals surface area contributed by atoms with Gasteiger partial charge >= 0.3 is 0 Å². The van der Waals surface area contributed by atoms with Crippen LogP contribution in [0.1, 0.15) is 34.1 Å². The van der Waals surface area contributed by atoms with Crippen LogP contribution in [0.25, 0.3) is 0 Å². The molecule has 2 atom stereocenters. The van der Waals surface area contributed by atoms with Crippen LogP contribution >= 0.6 is 0 Å². The molecular weight excluding hydrogens is 248 g/mol. The number of hydrogen-bond donors (Lipinski definition) is 1. The van der Waals surface area contributed by atoms with Gasteiger partial charge in [0.05, 0.1) is 5.75 Å². The van der Waals surface area contributed by atoms with Crippen LogP contribution in [0.15, 0.2) is 0 Å². The number of sulfone groups is 1. The van der Waals surface area contributed by atoms with Crippen molar-refractivity contribution in [1.82, 2.24) is 10.2 Å². The largest absolute Gasteiger partial charge is 0.311 e. The van der Waals surface area contributed by atoms with Crippen molar-refractivity contribution in [3.05, 3.63) is 0 Å². The molecule has 0 aliphatic carbocycles. The first-order valence-corrected chi connectivity index (χ1v) is 8.85. The van der Waals surface area contributed by atoms with Crippen molar-refractivity contribution in [2.75, 3.05) is 31.1 Å². The molecule has 0 spiro atoms. The van der Waals surface area contributed by atoms with E-state index in [0.717, 1.165) is 13.1 Å². The van der Waals surface area contributed by atoms with E-state index in [0.29, 0.717) is 42.5 Å². The molecule has 1 aliphatic heterocycles. The van der Waals surface area contributed by atoms with Gasteiger partial charge in [0.2, 0.25) is 0 Å². The Morgan fingerprint density at radius 1 is 1.33 bits per heavy atom. The van der Waals surface area contributed by atoms with E-state index in [1.165, 1.54) is 0 Å². The minimum atomic E-state index is -2.85. The van der Waals surface area contributed by atoms with E-state index in [-0.39, 0.29) is 0 Å². The summed E-state index contributed by atoms with van der Waals surface area (Å²) >= 11 is 0. The van der Waals surface area contributed by atoms with E-state index in [4.69, 9.17) is 0 Å². The van der Waals surface area contributed by atoms with Gasteiger partial charge in [-0.25, -0.2) is 8.42 Å². The molecule has 1 fully saturated rings. The maximum Gasteiger partial charge on any atom is 0.151 e. The van der Waals surface area contributed by atoms with Gasteiger partial charge in [-0.1, -0.05) is 20.8 Å². The SMILES string of the molecule is CCCS(=O)(=O)CCN1CC(C(C)C)NCC1C. The first kappa shape index (κ1) is 15.9.